The number of nitrogens with one attached hydrogen (secondary N) is 2. The summed E-state index contributed by atoms with van der Waals surface area (Å²) in [6.45, 7) is 5.74. The third-order valence-corrected chi connectivity index (χ3v) is 4.72. The lowest BCUT2D eigenvalue weighted by atomic mass is 10.1. The molecule has 158 valence electrons. The molecule has 0 aliphatic carbocycles. The molecule has 1 saturated heterocycles. The summed E-state index contributed by atoms with van der Waals surface area (Å²) in [5, 5.41) is 17.0. The van der Waals surface area contributed by atoms with Crippen LogP contribution >= 0.6 is 0 Å². The van der Waals surface area contributed by atoms with Gasteiger partial charge in [-0.3, -0.25) is 19.7 Å². The summed E-state index contributed by atoms with van der Waals surface area (Å²) >= 11 is 0. The number of carbonyl (C=O) groups excluding carboxylic acids is 2. The summed E-state index contributed by atoms with van der Waals surface area (Å²) in [7, 11) is 0. The Kier molecular flexibility index (Phi) is 6.63. The first-order chi connectivity index (χ1) is 14.3. The van der Waals surface area contributed by atoms with Crippen molar-refractivity contribution in [2.45, 2.75) is 13.8 Å². The Balaban J connectivity index is 1.72. The molecule has 9 nitrogen and oxygen atoms in total. The predicted octanol–water partition coefficient (Wildman–Crippen LogP) is 3.28. The zero-order valence-electron chi connectivity index (χ0n) is 16.9. The number of amides is 2. The minimum absolute atomic E-state index is 0.0977. The first-order valence-corrected chi connectivity index (χ1v) is 9.68. The number of ether oxygens (including phenoxy) is 1. The molecule has 2 aromatic rings. The first kappa shape index (κ1) is 21.3. The molecular weight excluding hydrogens is 388 g/mol. The summed E-state index contributed by atoms with van der Waals surface area (Å²) in [6, 6.07) is 11.1. The number of benzene rings is 2. The highest BCUT2D eigenvalue weighted by molar-refractivity contribution is 6.05. The summed E-state index contributed by atoms with van der Waals surface area (Å²) in [6.07, 6.45) is 0. The number of hydrogen-bond acceptors (Lipinski definition) is 6. The molecule has 1 aliphatic rings. The van der Waals surface area contributed by atoms with Gasteiger partial charge in [-0.25, -0.2) is 0 Å². The second-order valence-corrected chi connectivity index (χ2v) is 7.24. The van der Waals surface area contributed by atoms with Crippen molar-refractivity contribution >= 4 is 34.6 Å². The van der Waals surface area contributed by atoms with E-state index in [1.165, 1.54) is 6.07 Å². The number of nitrogens with zero attached hydrogens (tertiary/aromatic N) is 2. The number of carbonyl (C=O) groups is 2. The van der Waals surface area contributed by atoms with Gasteiger partial charge in [-0.2, -0.15) is 0 Å². The lowest BCUT2D eigenvalue weighted by Crippen LogP contribution is -2.36. The minimum Gasteiger partial charge on any atom is -0.378 e. The van der Waals surface area contributed by atoms with Crippen LogP contribution in [0.4, 0.5) is 22.7 Å². The third kappa shape index (κ3) is 5.12. The van der Waals surface area contributed by atoms with Gasteiger partial charge in [0, 0.05) is 42.0 Å². The van der Waals surface area contributed by atoms with E-state index in [-0.39, 0.29) is 23.1 Å². The van der Waals surface area contributed by atoms with E-state index in [0.717, 1.165) is 0 Å². The number of nitro benzene ring substituents is 1. The van der Waals surface area contributed by atoms with E-state index in [0.29, 0.717) is 43.4 Å². The van der Waals surface area contributed by atoms with Gasteiger partial charge in [0.05, 0.1) is 18.1 Å². The molecule has 1 aliphatic heterocycles. The largest absolute Gasteiger partial charge is 0.378 e. The molecule has 2 N–H and O–H groups in total. The van der Waals surface area contributed by atoms with Gasteiger partial charge in [0.2, 0.25) is 5.91 Å². The SMILES string of the molecule is CC(C)C(=O)Nc1ccc(NC(=O)c2ccc(N3CCOCC3)c([N+](=O)[O-])c2)cc1. The molecule has 30 heavy (non-hydrogen) atoms. The molecule has 1 heterocycles. The monoisotopic (exact) mass is 412 g/mol. The lowest BCUT2D eigenvalue weighted by molar-refractivity contribution is -0.384. The number of hydrogen-bond donors (Lipinski definition) is 2. The van der Waals surface area contributed by atoms with Gasteiger partial charge in [0.25, 0.3) is 11.6 Å². The standard InChI is InChI=1S/C21H24N4O5/c1-14(2)20(26)22-16-4-6-17(7-5-16)23-21(27)15-3-8-18(19(13-15)25(28)29)24-9-11-30-12-10-24/h3-8,13-14H,9-12H2,1-2H3,(H,22,26)(H,23,27). The normalized spacial score (nSPS) is 13.8. The van der Waals surface area contributed by atoms with Crippen LogP contribution in [0.1, 0.15) is 24.2 Å². The Hall–Kier alpha value is -3.46. The third-order valence-electron chi connectivity index (χ3n) is 4.72. The molecule has 0 spiro atoms. The van der Waals surface area contributed by atoms with Gasteiger partial charge in [-0.15, -0.1) is 0 Å². The average molecular weight is 412 g/mol. The van der Waals surface area contributed by atoms with Gasteiger partial charge >= 0.3 is 0 Å². The Morgan fingerprint density at radius 1 is 1.03 bits per heavy atom. The highest BCUT2D eigenvalue weighted by Gasteiger charge is 2.23. The molecule has 2 aromatic carbocycles. The van der Waals surface area contributed by atoms with E-state index < -0.39 is 10.8 Å². The van der Waals surface area contributed by atoms with Crippen LogP contribution in [0, 0.1) is 16.0 Å². The van der Waals surface area contributed by atoms with Gasteiger partial charge in [0.1, 0.15) is 5.69 Å². The molecule has 9 heteroatoms. The summed E-state index contributed by atoms with van der Waals surface area (Å²) < 4.78 is 5.29. The van der Waals surface area contributed by atoms with Crippen LogP contribution in [-0.2, 0) is 9.53 Å². The summed E-state index contributed by atoms with van der Waals surface area (Å²) in [5.74, 6) is -0.689. The first-order valence-electron chi connectivity index (χ1n) is 9.68. The molecule has 0 aromatic heterocycles. The second-order valence-electron chi connectivity index (χ2n) is 7.24. The zero-order valence-corrected chi connectivity index (χ0v) is 16.9. The summed E-state index contributed by atoms with van der Waals surface area (Å²) in [5.41, 5.74) is 1.69. The Bertz CT molecular complexity index is 937. The maximum atomic E-state index is 12.6. The fourth-order valence-corrected chi connectivity index (χ4v) is 3.01. The number of anilines is 3. The van der Waals surface area contributed by atoms with E-state index >= 15 is 0 Å². The Morgan fingerprint density at radius 2 is 1.63 bits per heavy atom. The van der Waals surface area contributed by atoms with Crippen LogP contribution in [-0.4, -0.2) is 43.0 Å². The number of morpholine rings is 1. The quantitative estimate of drug-likeness (QED) is 0.556. The lowest BCUT2D eigenvalue weighted by Gasteiger charge is -2.28. The number of rotatable bonds is 6. The van der Waals surface area contributed by atoms with Gasteiger partial charge in [-0.05, 0) is 36.4 Å². The van der Waals surface area contributed by atoms with Gasteiger partial charge in [-0.1, -0.05) is 13.8 Å². The predicted molar refractivity (Wildman–Crippen MR) is 114 cm³/mol. The Morgan fingerprint density at radius 3 is 2.20 bits per heavy atom. The van der Waals surface area contributed by atoms with Crippen LogP contribution in [0.15, 0.2) is 42.5 Å². The van der Waals surface area contributed by atoms with Crippen molar-refractivity contribution in [2.75, 3.05) is 41.8 Å². The van der Waals surface area contributed by atoms with Crippen molar-refractivity contribution in [3.8, 4) is 0 Å². The molecule has 0 unspecified atom stereocenters. The van der Waals surface area contributed by atoms with Crippen molar-refractivity contribution in [3.05, 3.63) is 58.1 Å². The topological polar surface area (TPSA) is 114 Å². The van der Waals surface area contributed by atoms with Gasteiger partial charge < -0.3 is 20.3 Å². The van der Waals surface area contributed by atoms with E-state index in [1.54, 1.807) is 50.2 Å². The van der Waals surface area contributed by atoms with Crippen molar-refractivity contribution in [3.63, 3.8) is 0 Å². The molecule has 3 rings (SSSR count). The molecule has 0 bridgehead atoms. The van der Waals surface area contributed by atoms with Crippen molar-refractivity contribution in [1.82, 2.24) is 0 Å². The Labute approximate surface area is 174 Å². The van der Waals surface area contributed by atoms with Crippen LogP contribution in [0.3, 0.4) is 0 Å². The number of nitro groups is 1. The van der Waals surface area contributed by atoms with Gasteiger partial charge in [0.15, 0.2) is 0 Å². The zero-order chi connectivity index (χ0) is 21.7. The van der Waals surface area contributed by atoms with Crippen molar-refractivity contribution in [2.24, 2.45) is 5.92 Å². The molecule has 2 amide bonds. The van der Waals surface area contributed by atoms with Crippen LogP contribution in [0.25, 0.3) is 0 Å². The summed E-state index contributed by atoms with van der Waals surface area (Å²) in [4.78, 5) is 37.3. The van der Waals surface area contributed by atoms with Crippen molar-refractivity contribution < 1.29 is 19.2 Å². The van der Waals surface area contributed by atoms with E-state index in [2.05, 4.69) is 10.6 Å². The average Bonchev–Trinajstić information content (AvgIpc) is 2.75. The molecule has 0 saturated carbocycles. The highest BCUT2D eigenvalue weighted by Crippen LogP contribution is 2.30. The highest BCUT2D eigenvalue weighted by atomic mass is 16.6. The molecule has 0 atom stereocenters. The second kappa shape index (κ2) is 9.36. The fourth-order valence-electron chi connectivity index (χ4n) is 3.01. The van der Waals surface area contributed by atoms with E-state index in [1.807, 2.05) is 4.90 Å². The van der Waals surface area contributed by atoms with Crippen LogP contribution in [0.2, 0.25) is 0 Å². The minimum atomic E-state index is -0.478. The van der Waals surface area contributed by atoms with E-state index in [9.17, 15) is 19.7 Å². The maximum absolute atomic E-state index is 12.6. The fraction of sp³-hybridized carbons (Fsp3) is 0.333. The smallest absolute Gasteiger partial charge is 0.293 e. The van der Waals surface area contributed by atoms with Crippen LogP contribution < -0.4 is 15.5 Å². The van der Waals surface area contributed by atoms with E-state index in [4.69, 9.17) is 4.74 Å². The molecular formula is C21H24N4O5. The molecule has 1 fully saturated rings. The molecule has 0 radical (unpaired) electrons. The van der Waals surface area contributed by atoms with Crippen LogP contribution in [0.5, 0.6) is 0 Å². The maximum Gasteiger partial charge on any atom is 0.293 e. The van der Waals surface area contributed by atoms with Crippen molar-refractivity contribution in [1.29, 1.82) is 0 Å².